The minimum atomic E-state index is 0.546. The van der Waals surface area contributed by atoms with Gasteiger partial charge >= 0.3 is 0 Å². The zero-order valence-corrected chi connectivity index (χ0v) is 31.7. The van der Waals surface area contributed by atoms with E-state index in [0.717, 1.165) is 77.0 Å². The van der Waals surface area contributed by atoms with Gasteiger partial charge in [0.05, 0.1) is 11.6 Å². The minimum absolute atomic E-state index is 0.546. The van der Waals surface area contributed by atoms with Gasteiger partial charge in [0.25, 0.3) is 0 Å². The highest BCUT2D eigenvalue weighted by molar-refractivity contribution is 6.14. The van der Waals surface area contributed by atoms with Gasteiger partial charge in [-0.25, -0.2) is 15.0 Å². The van der Waals surface area contributed by atoms with Gasteiger partial charge in [0.15, 0.2) is 17.5 Å². The fourth-order valence-corrected chi connectivity index (χ4v) is 8.27. The van der Waals surface area contributed by atoms with E-state index < -0.39 is 0 Å². The highest BCUT2D eigenvalue weighted by Crippen LogP contribution is 2.40. The summed E-state index contributed by atoms with van der Waals surface area (Å²) in [6, 6.07) is 68.8. The number of furan rings is 1. The lowest BCUT2D eigenvalue weighted by Crippen LogP contribution is -2.01. The number of nitrogens with zero attached hydrogens (tertiary/aromatic N) is 4. The molecule has 0 saturated carbocycles. The van der Waals surface area contributed by atoms with E-state index in [1.807, 2.05) is 54.6 Å². The lowest BCUT2D eigenvalue weighted by molar-refractivity contribution is 0.669. The third kappa shape index (κ3) is 6.08. The number of hydrogen-bond acceptors (Lipinski definition) is 5. The Morgan fingerprint density at radius 1 is 0.356 bits per heavy atom. The lowest BCUT2D eigenvalue weighted by Gasteiger charge is -2.13. The number of fused-ring (bicyclic) bond motifs is 6. The summed E-state index contributed by atoms with van der Waals surface area (Å²) in [6.45, 7) is 0. The highest BCUT2D eigenvalue weighted by Gasteiger charge is 2.19. The van der Waals surface area contributed by atoms with Crippen molar-refractivity contribution in [2.24, 2.45) is 0 Å². The van der Waals surface area contributed by atoms with Crippen LogP contribution in [0.5, 0.6) is 0 Å². The van der Waals surface area contributed by atoms with Gasteiger partial charge in [0, 0.05) is 27.5 Å². The molecule has 5 heteroatoms. The van der Waals surface area contributed by atoms with Crippen LogP contribution in [0, 0.1) is 11.3 Å². The molecule has 2 heterocycles. The summed E-state index contributed by atoms with van der Waals surface area (Å²) in [5.74, 6) is 1.69. The van der Waals surface area contributed by atoms with Crippen LogP contribution < -0.4 is 0 Å². The first-order valence-electron chi connectivity index (χ1n) is 19.6. The largest absolute Gasteiger partial charge is 0.456 e. The quantitative estimate of drug-likeness (QED) is 0.158. The van der Waals surface area contributed by atoms with Crippen LogP contribution in [0.25, 0.3) is 111 Å². The summed E-state index contributed by atoms with van der Waals surface area (Å²) < 4.78 is 6.62. The molecule has 5 nitrogen and oxygen atoms in total. The monoisotopic (exact) mass is 752 g/mol. The van der Waals surface area contributed by atoms with Crippen molar-refractivity contribution in [3.05, 3.63) is 200 Å². The number of nitriles is 1. The lowest BCUT2D eigenvalue weighted by atomic mass is 9.95. The van der Waals surface area contributed by atoms with E-state index in [4.69, 9.17) is 19.4 Å². The summed E-state index contributed by atoms with van der Waals surface area (Å²) >= 11 is 0. The third-order valence-electron chi connectivity index (χ3n) is 11.1. The van der Waals surface area contributed by atoms with Crippen molar-refractivity contribution in [1.29, 1.82) is 5.26 Å². The Bertz CT molecular complexity index is 3450. The van der Waals surface area contributed by atoms with Crippen LogP contribution in [-0.2, 0) is 0 Å². The van der Waals surface area contributed by atoms with Crippen LogP contribution in [0.1, 0.15) is 5.56 Å². The Labute approximate surface area is 340 Å². The summed E-state index contributed by atoms with van der Waals surface area (Å²) in [5.41, 5.74) is 11.4. The van der Waals surface area contributed by atoms with Crippen LogP contribution in [0.4, 0.5) is 0 Å². The van der Waals surface area contributed by atoms with Gasteiger partial charge in [0.1, 0.15) is 11.2 Å². The van der Waals surface area contributed by atoms with Gasteiger partial charge in [-0.05, 0) is 103 Å². The fraction of sp³-hybridized carbons (Fsp3) is 0. The summed E-state index contributed by atoms with van der Waals surface area (Å²) in [5, 5.41) is 16.0. The molecule has 0 radical (unpaired) electrons. The summed E-state index contributed by atoms with van der Waals surface area (Å²) in [4.78, 5) is 15.6. The SMILES string of the molecule is N#Cc1ccc(-c2cccc(-c3nc(-c4ccc5c(c4)oc4cccc(-c6cccc(-c7ccccc7)c6)c45)nc(-c4cc5ccccc5c5ccccc45)n3)c2)cc1. The van der Waals surface area contributed by atoms with Gasteiger partial charge in [0.2, 0.25) is 0 Å². The minimum Gasteiger partial charge on any atom is -0.456 e. The average molecular weight is 753 g/mol. The van der Waals surface area contributed by atoms with Gasteiger partial charge in [-0.3, -0.25) is 0 Å². The van der Waals surface area contributed by atoms with E-state index in [1.54, 1.807) is 0 Å². The zero-order valence-electron chi connectivity index (χ0n) is 31.7. The Hall–Kier alpha value is -8.20. The van der Waals surface area contributed by atoms with Crippen molar-refractivity contribution >= 4 is 43.5 Å². The predicted molar refractivity (Wildman–Crippen MR) is 239 cm³/mol. The molecule has 0 atom stereocenters. The maximum atomic E-state index is 9.38. The van der Waals surface area contributed by atoms with E-state index in [2.05, 4.69) is 146 Å². The molecule has 0 amide bonds. The maximum Gasteiger partial charge on any atom is 0.164 e. The van der Waals surface area contributed by atoms with E-state index in [9.17, 15) is 5.26 Å². The smallest absolute Gasteiger partial charge is 0.164 e. The Kier molecular flexibility index (Phi) is 8.13. The molecule has 0 aliphatic carbocycles. The summed E-state index contributed by atoms with van der Waals surface area (Å²) in [7, 11) is 0. The second kappa shape index (κ2) is 14.1. The number of rotatable bonds is 6. The van der Waals surface area contributed by atoms with Crippen molar-refractivity contribution in [1.82, 2.24) is 15.0 Å². The molecule has 0 aliphatic heterocycles. The molecule has 0 fully saturated rings. The van der Waals surface area contributed by atoms with Crippen LogP contribution in [0.15, 0.2) is 199 Å². The van der Waals surface area contributed by atoms with Gasteiger partial charge in [-0.2, -0.15) is 5.26 Å². The molecule has 0 aliphatic rings. The second-order valence-electron chi connectivity index (χ2n) is 14.7. The first kappa shape index (κ1) is 34.1. The molecule has 274 valence electrons. The Balaban J connectivity index is 1.08. The van der Waals surface area contributed by atoms with Gasteiger partial charge in [-0.15, -0.1) is 0 Å². The zero-order chi connectivity index (χ0) is 39.3. The Morgan fingerprint density at radius 3 is 1.71 bits per heavy atom. The molecule has 0 bridgehead atoms. The van der Waals surface area contributed by atoms with Crippen LogP contribution in [-0.4, -0.2) is 15.0 Å². The second-order valence-corrected chi connectivity index (χ2v) is 14.7. The molecular formula is C54H32N4O. The molecule has 2 aromatic heterocycles. The maximum absolute atomic E-state index is 9.38. The van der Waals surface area contributed by atoms with Crippen molar-refractivity contribution in [3.8, 4) is 73.6 Å². The van der Waals surface area contributed by atoms with E-state index in [-0.39, 0.29) is 0 Å². The van der Waals surface area contributed by atoms with Crippen molar-refractivity contribution in [2.45, 2.75) is 0 Å². The molecule has 9 aromatic carbocycles. The molecule has 11 aromatic rings. The third-order valence-corrected chi connectivity index (χ3v) is 11.1. The first-order chi connectivity index (χ1) is 29.2. The molecule has 0 spiro atoms. The first-order valence-corrected chi connectivity index (χ1v) is 19.6. The molecule has 0 saturated heterocycles. The van der Waals surface area contributed by atoms with Crippen molar-refractivity contribution in [2.75, 3.05) is 0 Å². The molecule has 11 rings (SSSR count). The number of benzene rings is 9. The topological polar surface area (TPSA) is 75.6 Å². The van der Waals surface area contributed by atoms with Crippen molar-refractivity contribution in [3.63, 3.8) is 0 Å². The van der Waals surface area contributed by atoms with Crippen LogP contribution in [0.2, 0.25) is 0 Å². The van der Waals surface area contributed by atoms with Crippen LogP contribution >= 0.6 is 0 Å². The number of hydrogen-bond donors (Lipinski definition) is 0. The van der Waals surface area contributed by atoms with Gasteiger partial charge < -0.3 is 4.42 Å². The molecular weight excluding hydrogens is 721 g/mol. The predicted octanol–water partition coefficient (Wildman–Crippen LogP) is 14.0. The fourth-order valence-electron chi connectivity index (χ4n) is 8.27. The van der Waals surface area contributed by atoms with E-state index in [0.29, 0.717) is 23.0 Å². The van der Waals surface area contributed by atoms with E-state index >= 15 is 0 Å². The average Bonchev–Trinajstić information content (AvgIpc) is 3.70. The van der Waals surface area contributed by atoms with Gasteiger partial charge in [-0.1, -0.05) is 146 Å². The van der Waals surface area contributed by atoms with Crippen LogP contribution in [0.3, 0.4) is 0 Å². The normalized spacial score (nSPS) is 11.4. The molecule has 59 heavy (non-hydrogen) atoms. The Morgan fingerprint density at radius 2 is 0.932 bits per heavy atom. The standard InChI is InChI=1S/C54H32N4O/c55-33-34-23-25-36(26-24-34)38-15-9-17-41(30-38)52-56-53(58-54(57-52)48-31-40-13-4-5-18-43(40)45-19-6-7-20-46(45)48)42-27-28-47-50(32-42)59-49-22-10-21-44(51(47)49)39-16-8-14-37(29-39)35-11-2-1-3-12-35/h1-32H. The summed E-state index contributed by atoms with van der Waals surface area (Å²) in [6.07, 6.45) is 0. The molecule has 0 N–H and O–H groups in total. The van der Waals surface area contributed by atoms with Crippen molar-refractivity contribution < 1.29 is 4.42 Å². The number of aromatic nitrogens is 3. The molecule has 0 unspecified atom stereocenters. The van der Waals surface area contributed by atoms with E-state index in [1.165, 1.54) is 16.5 Å². The highest BCUT2D eigenvalue weighted by atomic mass is 16.3.